The van der Waals surface area contributed by atoms with Crippen molar-refractivity contribution in [3.8, 4) is 6.07 Å². The number of benzene rings is 1. The van der Waals surface area contributed by atoms with Crippen LogP contribution in [0.2, 0.25) is 0 Å². The molecule has 1 spiro atoms. The van der Waals surface area contributed by atoms with Crippen LogP contribution in [0.1, 0.15) is 18.4 Å². The van der Waals surface area contributed by atoms with E-state index in [1.165, 1.54) is 31.6 Å². The Balaban J connectivity index is 1.69. The zero-order valence-corrected chi connectivity index (χ0v) is 8.74. The van der Waals surface area contributed by atoms with Crippen molar-refractivity contribution in [1.29, 1.82) is 5.26 Å². The van der Waals surface area contributed by atoms with E-state index in [0.717, 1.165) is 5.56 Å². The van der Waals surface area contributed by atoms with Gasteiger partial charge < -0.3 is 4.90 Å². The van der Waals surface area contributed by atoms with Crippen LogP contribution in [0.4, 0.5) is 5.69 Å². The van der Waals surface area contributed by atoms with Crippen LogP contribution in [0.25, 0.3) is 0 Å². The van der Waals surface area contributed by atoms with Gasteiger partial charge in [-0.25, -0.2) is 0 Å². The lowest BCUT2D eigenvalue weighted by molar-refractivity contribution is 0.387. The van der Waals surface area contributed by atoms with Crippen molar-refractivity contribution >= 4 is 5.69 Å². The van der Waals surface area contributed by atoms with Crippen molar-refractivity contribution in [1.82, 2.24) is 0 Å². The summed E-state index contributed by atoms with van der Waals surface area (Å²) >= 11 is 0. The fourth-order valence-electron chi connectivity index (χ4n) is 2.35. The highest BCUT2D eigenvalue weighted by Gasteiger charge is 2.52. The van der Waals surface area contributed by atoms with Crippen LogP contribution in [0, 0.1) is 16.7 Å². The third kappa shape index (κ3) is 1.48. The molecule has 76 valence electrons. The number of rotatable bonds is 2. The highest BCUT2D eigenvalue weighted by Crippen LogP contribution is 2.53. The van der Waals surface area contributed by atoms with E-state index in [-0.39, 0.29) is 0 Å². The molecule has 1 aliphatic heterocycles. The van der Waals surface area contributed by atoms with Gasteiger partial charge in [0.1, 0.15) is 0 Å². The lowest BCUT2D eigenvalue weighted by Crippen LogP contribution is -2.48. The summed E-state index contributed by atoms with van der Waals surface area (Å²) in [6.07, 6.45) is 3.37. The monoisotopic (exact) mass is 198 g/mol. The second-order valence-electron chi connectivity index (χ2n) is 4.86. The van der Waals surface area contributed by atoms with Gasteiger partial charge >= 0.3 is 0 Å². The van der Waals surface area contributed by atoms with E-state index in [1.54, 1.807) is 0 Å². The van der Waals surface area contributed by atoms with Crippen molar-refractivity contribution in [3.05, 3.63) is 29.8 Å². The molecule has 3 rings (SSSR count). The first kappa shape index (κ1) is 8.79. The first-order valence-electron chi connectivity index (χ1n) is 5.52. The van der Waals surface area contributed by atoms with Crippen molar-refractivity contribution in [3.63, 3.8) is 0 Å². The van der Waals surface area contributed by atoms with Gasteiger partial charge in [-0.2, -0.15) is 5.26 Å². The third-order valence-electron chi connectivity index (χ3n) is 3.59. The number of hydrogen-bond acceptors (Lipinski definition) is 2. The first-order valence-corrected chi connectivity index (χ1v) is 5.52. The minimum Gasteiger partial charge on any atom is -0.370 e. The Hall–Kier alpha value is -1.49. The summed E-state index contributed by atoms with van der Waals surface area (Å²) in [4.78, 5) is 2.43. The molecule has 0 atom stereocenters. The molecule has 1 aromatic rings. The molecule has 0 bridgehead atoms. The summed E-state index contributed by atoms with van der Waals surface area (Å²) in [7, 11) is 0. The highest BCUT2D eigenvalue weighted by atomic mass is 15.2. The molecule has 2 nitrogen and oxygen atoms in total. The molecule has 1 aromatic carbocycles. The Morgan fingerprint density at radius 3 is 2.40 bits per heavy atom. The van der Waals surface area contributed by atoms with Gasteiger partial charge in [-0.3, -0.25) is 0 Å². The SMILES string of the molecule is N#CCc1ccc(N2CC3(CC3)C2)cc1. The van der Waals surface area contributed by atoms with Crippen LogP contribution in [0.5, 0.6) is 0 Å². The predicted molar refractivity (Wildman–Crippen MR) is 59.6 cm³/mol. The smallest absolute Gasteiger partial charge is 0.0669 e. The van der Waals surface area contributed by atoms with Crippen LogP contribution >= 0.6 is 0 Å². The van der Waals surface area contributed by atoms with Crippen LogP contribution in [-0.4, -0.2) is 13.1 Å². The summed E-state index contributed by atoms with van der Waals surface area (Å²) in [5.41, 5.74) is 3.14. The van der Waals surface area contributed by atoms with Gasteiger partial charge in [-0.1, -0.05) is 12.1 Å². The molecule has 0 N–H and O–H groups in total. The van der Waals surface area contributed by atoms with Crippen LogP contribution in [0.15, 0.2) is 24.3 Å². The van der Waals surface area contributed by atoms with Crippen molar-refractivity contribution in [2.45, 2.75) is 19.3 Å². The summed E-state index contributed by atoms with van der Waals surface area (Å²) in [5, 5.41) is 8.57. The number of nitrogens with zero attached hydrogens (tertiary/aromatic N) is 2. The fraction of sp³-hybridized carbons (Fsp3) is 0.462. The Morgan fingerprint density at radius 2 is 1.87 bits per heavy atom. The van der Waals surface area contributed by atoms with Gasteiger partial charge in [0.25, 0.3) is 0 Å². The molecule has 1 aliphatic carbocycles. The van der Waals surface area contributed by atoms with Crippen molar-refractivity contribution in [2.24, 2.45) is 5.41 Å². The van der Waals surface area contributed by atoms with Crippen molar-refractivity contribution in [2.75, 3.05) is 18.0 Å². The number of anilines is 1. The van der Waals surface area contributed by atoms with Crippen LogP contribution in [0.3, 0.4) is 0 Å². The summed E-state index contributed by atoms with van der Waals surface area (Å²) in [6.45, 7) is 2.48. The summed E-state index contributed by atoms with van der Waals surface area (Å²) in [5.74, 6) is 0. The molecule has 0 amide bonds. The Labute approximate surface area is 90.1 Å². The second kappa shape index (κ2) is 3.00. The zero-order chi connectivity index (χ0) is 10.3. The molecule has 0 radical (unpaired) electrons. The largest absolute Gasteiger partial charge is 0.370 e. The van der Waals surface area contributed by atoms with E-state index < -0.39 is 0 Å². The quantitative estimate of drug-likeness (QED) is 0.729. The third-order valence-corrected chi connectivity index (χ3v) is 3.59. The van der Waals surface area contributed by atoms with E-state index in [4.69, 9.17) is 5.26 Å². The topological polar surface area (TPSA) is 27.0 Å². The second-order valence-corrected chi connectivity index (χ2v) is 4.86. The normalized spacial score (nSPS) is 20.9. The van der Waals surface area contributed by atoms with Gasteiger partial charge in [0.2, 0.25) is 0 Å². The molecule has 1 saturated heterocycles. The average Bonchev–Trinajstić information content (AvgIpc) is 2.97. The minimum atomic E-state index is 0.518. The molecule has 15 heavy (non-hydrogen) atoms. The maximum absolute atomic E-state index is 8.57. The molecule has 0 aromatic heterocycles. The maximum atomic E-state index is 8.57. The minimum absolute atomic E-state index is 0.518. The molecule has 1 saturated carbocycles. The Bertz CT molecular complexity index is 401. The standard InChI is InChI=1S/C13H14N2/c14-8-5-11-1-3-12(4-2-11)15-9-13(10-15)6-7-13/h1-4H,5-7,9-10H2. The molecule has 2 fully saturated rings. The molecular weight excluding hydrogens is 184 g/mol. The molecular formula is C13H14N2. The summed E-state index contributed by atoms with van der Waals surface area (Å²) < 4.78 is 0. The van der Waals surface area contributed by atoms with Gasteiger partial charge in [-0.05, 0) is 30.5 Å². The predicted octanol–water partition coefficient (Wildman–Crippen LogP) is 2.35. The van der Waals surface area contributed by atoms with Crippen LogP contribution in [-0.2, 0) is 6.42 Å². The van der Waals surface area contributed by atoms with E-state index in [0.29, 0.717) is 11.8 Å². The fourth-order valence-corrected chi connectivity index (χ4v) is 2.35. The van der Waals surface area contributed by atoms with Gasteiger partial charge in [0, 0.05) is 24.2 Å². The van der Waals surface area contributed by atoms with Gasteiger partial charge in [0.15, 0.2) is 0 Å². The molecule has 1 heterocycles. The highest BCUT2D eigenvalue weighted by molar-refractivity contribution is 5.52. The van der Waals surface area contributed by atoms with E-state index in [2.05, 4.69) is 35.2 Å². The van der Waals surface area contributed by atoms with Gasteiger partial charge in [-0.15, -0.1) is 0 Å². The molecule has 0 unspecified atom stereocenters. The number of nitriles is 1. The van der Waals surface area contributed by atoms with Gasteiger partial charge in [0.05, 0.1) is 12.5 Å². The van der Waals surface area contributed by atoms with Crippen LogP contribution < -0.4 is 4.90 Å². The lowest BCUT2D eigenvalue weighted by Gasteiger charge is -2.42. The van der Waals surface area contributed by atoms with E-state index in [1.807, 2.05) is 0 Å². The lowest BCUT2D eigenvalue weighted by atomic mass is 9.96. The number of hydrogen-bond donors (Lipinski definition) is 0. The van der Waals surface area contributed by atoms with Crippen molar-refractivity contribution < 1.29 is 0 Å². The van der Waals surface area contributed by atoms with E-state index in [9.17, 15) is 0 Å². The average molecular weight is 198 g/mol. The zero-order valence-electron chi connectivity index (χ0n) is 8.74. The Morgan fingerprint density at radius 1 is 1.20 bits per heavy atom. The maximum Gasteiger partial charge on any atom is 0.0669 e. The molecule has 2 heteroatoms. The Kier molecular flexibility index (Phi) is 1.76. The summed E-state index contributed by atoms with van der Waals surface area (Å²) in [6, 6.07) is 10.6. The van der Waals surface area contributed by atoms with E-state index >= 15 is 0 Å². The first-order chi connectivity index (χ1) is 7.31. The molecule has 2 aliphatic rings.